The van der Waals surface area contributed by atoms with Crippen molar-refractivity contribution in [1.29, 1.82) is 0 Å². The Bertz CT molecular complexity index is 987. The Kier molecular flexibility index (Phi) is 5.79. The third-order valence-corrected chi connectivity index (χ3v) is 9.45. The number of ether oxygens (including phenoxy) is 1. The predicted molar refractivity (Wildman–Crippen MR) is 121 cm³/mol. The summed E-state index contributed by atoms with van der Waals surface area (Å²) in [6.07, 6.45) is 6.21. The van der Waals surface area contributed by atoms with E-state index in [2.05, 4.69) is 0 Å². The van der Waals surface area contributed by atoms with Gasteiger partial charge in [-0.05, 0) is 50.7 Å². The lowest BCUT2D eigenvalue weighted by molar-refractivity contribution is -0.201. The molecule has 0 aliphatic heterocycles. The van der Waals surface area contributed by atoms with Crippen LogP contribution >= 0.6 is 11.6 Å². The maximum atomic E-state index is 17.1. The highest BCUT2D eigenvalue weighted by molar-refractivity contribution is 6.29. The Hall–Kier alpha value is -1.82. The molecular weight excluding hydrogens is 447 g/mol. The number of esters is 1. The first kappa shape index (κ1) is 24.3. The van der Waals surface area contributed by atoms with E-state index in [9.17, 15) is 19.2 Å². The molecule has 4 aliphatic carbocycles. The fourth-order valence-corrected chi connectivity index (χ4v) is 7.86. The van der Waals surface area contributed by atoms with Crippen LogP contribution in [-0.4, -0.2) is 40.5 Å². The number of Topliss-reactive ketones (excluding diaryl/α,β-unsaturated/α-hetero) is 2. The Labute approximate surface area is 199 Å². The van der Waals surface area contributed by atoms with E-state index >= 15 is 4.39 Å². The molecular formula is C26H32ClFO5. The van der Waals surface area contributed by atoms with Crippen LogP contribution in [0.25, 0.3) is 0 Å². The number of hydrogen-bond donors (Lipinski definition) is 0. The normalized spacial score (nSPS) is 43.9. The Morgan fingerprint density at radius 2 is 1.94 bits per heavy atom. The second kappa shape index (κ2) is 7.86. The third kappa shape index (κ3) is 2.95. The van der Waals surface area contributed by atoms with Crippen molar-refractivity contribution >= 4 is 34.9 Å². The van der Waals surface area contributed by atoms with Gasteiger partial charge in [0.25, 0.3) is 0 Å². The number of carbonyl (C=O) groups is 4. The Morgan fingerprint density at radius 3 is 2.58 bits per heavy atom. The highest BCUT2D eigenvalue weighted by atomic mass is 35.5. The lowest BCUT2D eigenvalue weighted by atomic mass is 9.45. The summed E-state index contributed by atoms with van der Waals surface area (Å²) in [5.74, 6) is -3.45. The van der Waals surface area contributed by atoms with Crippen molar-refractivity contribution in [2.24, 2.45) is 28.6 Å². The largest absolute Gasteiger partial charge is 0.450 e. The minimum atomic E-state index is -2.19. The zero-order valence-electron chi connectivity index (χ0n) is 19.7. The fourth-order valence-electron chi connectivity index (χ4n) is 7.66. The molecule has 0 N–H and O–H groups in total. The van der Waals surface area contributed by atoms with Gasteiger partial charge in [0.2, 0.25) is 0 Å². The Balaban J connectivity index is 1.84. The second-order valence-electron chi connectivity index (χ2n) is 10.7. The van der Waals surface area contributed by atoms with Gasteiger partial charge in [-0.15, -0.1) is 11.6 Å². The summed E-state index contributed by atoms with van der Waals surface area (Å²) in [6.45, 7) is 7.19. The average molecular weight is 479 g/mol. The van der Waals surface area contributed by atoms with Gasteiger partial charge in [-0.3, -0.25) is 19.2 Å². The first-order chi connectivity index (χ1) is 15.4. The summed E-state index contributed by atoms with van der Waals surface area (Å²) >= 11 is 6.02. The maximum absolute atomic E-state index is 17.1. The topological polar surface area (TPSA) is 77.5 Å². The van der Waals surface area contributed by atoms with Crippen LogP contribution in [0.1, 0.15) is 66.2 Å². The number of halogens is 2. The van der Waals surface area contributed by atoms with Crippen molar-refractivity contribution in [1.82, 2.24) is 0 Å². The van der Waals surface area contributed by atoms with Gasteiger partial charge >= 0.3 is 5.97 Å². The number of fused-ring (bicyclic) bond motifs is 5. The first-order valence-corrected chi connectivity index (χ1v) is 12.4. The molecule has 5 nitrogen and oxygen atoms in total. The van der Waals surface area contributed by atoms with E-state index in [0.717, 1.165) is 0 Å². The van der Waals surface area contributed by atoms with E-state index in [1.807, 2.05) is 13.8 Å². The summed E-state index contributed by atoms with van der Waals surface area (Å²) in [5.41, 5.74) is -5.35. The standard InChI is InChI=1S/C26H32ClFO5/c1-5-6-22(32)33-26(21(31)14-27)15(2)11-19-18-8-7-16-12-17(29)9-10-23(16,3)25(18,28)20(30)13-24(19,26)4/h9-10,12,15,18-19H,5-8,11,13-14H2,1-4H3/t15-,18+,19+,23+,24-,25-,26+/m0/s1. The van der Waals surface area contributed by atoms with Gasteiger partial charge < -0.3 is 4.74 Å². The Morgan fingerprint density at radius 1 is 1.24 bits per heavy atom. The molecule has 3 fully saturated rings. The monoisotopic (exact) mass is 478 g/mol. The van der Waals surface area contributed by atoms with Crippen LogP contribution < -0.4 is 0 Å². The van der Waals surface area contributed by atoms with Crippen LogP contribution in [0.4, 0.5) is 4.39 Å². The number of carbonyl (C=O) groups excluding carboxylic acids is 4. The third-order valence-electron chi connectivity index (χ3n) is 9.21. The number of allylic oxidation sites excluding steroid dienone is 4. The molecule has 180 valence electrons. The molecule has 0 aromatic carbocycles. The lowest BCUT2D eigenvalue weighted by Gasteiger charge is -2.59. The molecule has 0 unspecified atom stereocenters. The van der Waals surface area contributed by atoms with Crippen LogP contribution in [0.5, 0.6) is 0 Å². The van der Waals surface area contributed by atoms with Crippen LogP contribution in [0.3, 0.4) is 0 Å². The lowest BCUT2D eigenvalue weighted by Crippen LogP contribution is -2.68. The molecule has 0 amide bonds. The van der Waals surface area contributed by atoms with Gasteiger partial charge in [0.05, 0.1) is 5.88 Å². The average Bonchev–Trinajstić information content (AvgIpc) is 2.97. The molecule has 4 aliphatic rings. The number of alkyl halides is 2. The number of ketones is 3. The van der Waals surface area contributed by atoms with Gasteiger partial charge in [0.1, 0.15) is 0 Å². The minimum absolute atomic E-state index is 0.153. The van der Waals surface area contributed by atoms with Gasteiger partial charge in [-0.2, -0.15) is 0 Å². The van der Waals surface area contributed by atoms with Crippen LogP contribution in [0.2, 0.25) is 0 Å². The van der Waals surface area contributed by atoms with E-state index in [-0.39, 0.29) is 30.4 Å². The van der Waals surface area contributed by atoms with Gasteiger partial charge in [0.15, 0.2) is 28.6 Å². The van der Waals surface area contributed by atoms with E-state index in [1.165, 1.54) is 12.2 Å². The molecule has 0 bridgehead atoms. The molecule has 0 spiro atoms. The molecule has 33 heavy (non-hydrogen) atoms. The molecule has 4 rings (SSSR count). The number of hydrogen-bond acceptors (Lipinski definition) is 5. The highest BCUT2D eigenvalue weighted by Crippen LogP contribution is 2.70. The van der Waals surface area contributed by atoms with Crippen LogP contribution in [0.15, 0.2) is 23.8 Å². The minimum Gasteiger partial charge on any atom is -0.450 e. The van der Waals surface area contributed by atoms with Crippen molar-refractivity contribution in [3.05, 3.63) is 23.8 Å². The highest BCUT2D eigenvalue weighted by Gasteiger charge is 2.77. The van der Waals surface area contributed by atoms with Gasteiger partial charge in [-0.25, -0.2) is 4.39 Å². The van der Waals surface area contributed by atoms with Crippen LogP contribution in [0, 0.1) is 28.6 Å². The van der Waals surface area contributed by atoms with E-state index < -0.39 is 51.5 Å². The van der Waals surface area contributed by atoms with Crippen molar-refractivity contribution in [2.75, 3.05) is 5.88 Å². The summed E-state index contributed by atoms with van der Waals surface area (Å²) in [4.78, 5) is 51.7. The molecule has 7 atom stereocenters. The van der Waals surface area contributed by atoms with Crippen molar-refractivity contribution in [2.45, 2.75) is 77.5 Å². The molecule has 0 heterocycles. The predicted octanol–water partition coefficient (Wildman–Crippen LogP) is 4.70. The van der Waals surface area contributed by atoms with E-state index in [1.54, 1.807) is 19.9 Å². The molecule has 3 saturated carbocycles. The summed E-state index contributed by atoms with van der Waals surface area (Å²) in [7, 11) is 0. The van der Waals surface area contributed by atoms with Crippen molar-refractivity contribution in [3.63, 3.8) is 0 Å². The number of rotatable bonds is 5. The molecule has 0 radical (unpaired) electrons. The van der Waals surface area contributed by atoms with E-state index in [0.29, 0.717) is 31.3 Å². The van der Waals surface area contributed by atoms with Gasteiger partial charge in [-0.1, -0.05) is 32.4 Å². The SMILES string of the molecule is CCCC(=O)O[C@@]1(C(=O)CCl)[C@@H](C)C[C@@H]2[C@H]3CCC4=CC(=O)C=C[C@@]4(C)[C@@]3(F)C(=O)C[C@@]21C. The fraction of sp³-hybridized carbons (Fsp3) is 0.692. The van der Waals surface area contributed by atoms with Gasteiger partial charge in [0, 0.05) is 35.5 Å². The van der Waals surface area contributed by atoms with E-state index in [4.69, 9.17) is 16.3 Å². The molecule has 0 aromatic heterocycles. The van der Waals surface area contributed by atoms with Crippen LogP contribution in [-0.2, 0) is 23.9 Å². The zero-order valence-corrected chi connectivity index (χ0v) is 20.5. The van der Waals surface area contributed by atoms with Crippen molar-refractivity contribution < 1.29 is 28.3 Å². The zero-order chi connectivity index (χ0) is 24.4. The maximum Gasteiger partial charge on any atom is 0.306 e. The van der Waals surface area contributed by atoms with Crippen molar-refractivity contribution in [3.8, 4) is 0 Å². The smallest absolute Gasteiger partial charge is 0.306 e. The molecule has 0 saturated heterocycles. The second-order valence-corrected chi connectivity index (χ2v) is 11.0. The summed E-state index contributed by atoms with van der Waals surface area (Å²) < 4.78 is 23.1. The summed E-state index contributed by atoms with van der Waals surface area (Å²) in [6, 6.07) is 0. The quantitative estimate of drug-likeness (QED) is 0.422. The first-order valence-electron chi connectivity index (χ1n) is 11.9. The molecule has 0 aromatic rings. The summed E-state index contributed by atoms with van der Waals surface area (Å²) in [5, 5.41) is 0. The molecule has 7 heteroatoms.